The standard InChI is InChI=1S/C20H38O7S.3H3P/c1-5-9-11-15(7-3)13-20(19(23)24,14-16(8-4)12-10-6-2)17(18(21)22)28(25,26)27;;;/h15-17H,5-14H2,1-4H3,(H,21,22)(H,23,24)(H,25,26,27);3*1H3. The van der Waals surface area contributed by atoms with Crippen molar-refractivity contribution in [2.24, 2.45) is 17.3 Å². The number of hydrogen-bond donors (Lipinski definition) is 0. The zero-order valence-corrected chi connectivity index (χ0v) is 27.4. The van der Waals surface area contributed by atoms with Crippen LogP contribution in [0.15, 0.2) is 0 Å². The van der Waals surface area contributed by atoms with Crippen molar-refractivity contribution in [3.05, 3.63) is 0 Å². The number of unbranched alkanes of at least 4 members (excludes halogenated alkanes) is 2. The first-order valence-electron chi connectivity index (χ1n) is 10.4. The number of carbonyl (C=O) groups excluding carboxylic acids is 2. The van der Waals surface area contributed by atoms with Crippen molar-refractivity contribution in [1.29, 1.82) is 0 Å². The Morgan fingerprint density at radius 1 is 0.806 bits per heavy atom. The second kappa shape index (κ2) is 18.6. The first kappa shape index (κ1) is 38.4. The summed E-state index contributed by atoms with van der Waals surface area (Å²) in [6, 6.07) is 0. The molecular formula is C20H47O7P3S. The molecule has 0 heterocycles. The number of carbonyl (C=O) groups is 2. The minimum atomic E-state index is -5.45. The minimum absolute atomic E-state index is 0. The summed E-state index contributed by atoms with van der Waals surface area (Å²) in [5, 5.41) is 21.3. The van der Waals surface area contributed by atoms with Gasteiger partial charge >= 0.3 is 0 Å². The molecular weight excluding hydrogens is 477 g/mol. The van der Waals surface area contributed by atoms with Gasteiger partial charge < -0.3 is 24.4 Å². The molecule has 0 aromatic carbocycles. The lowest BCUT2D eigenvalue weighted by Crippen LogP contribution is -2.60. The Hall–Kier alpha value is 0.140. The highest BCUT2D eigenvalue weighted by Gasteiger charge is 2.47. The maximum atomic E-state index is 12.3. The fourth-order valence-electron chi connectivity index (χ4n) is 4.11. The average molecular weight is 525 g/mol. The van der Waals surface area contributed by atoms with Gasteiger partial charge in [0.15, 0.2) is 0 Å². The van der Waals surface area contributed by atoms with Crippen LogP contribution in [0.1, 0.15) is 91.9 Å². The normalized spacial score (nSPS) is 15.8. The molecule has 0 aliphatic heterocycles. The largest absolute Gasteiger partial charge is 0.747 e. The average Bonchev–Trinajstić information content (AvgIpc) is 2.59. The van der Waals surface area contributed by atoms with Gasteiger partial charge in [-0.15, -0.1) is 0 Å². The van der Waals surface area contributed by atoms with Crippen molar-refractivity contribution in [2.75, 3.05) is 0 Å². The molecule has 7 nitrogen and oxygen atoms in total. The quantitative estimate of drug-likeness (QED) is 0.217. The third-order valence-electron chi connectivity index (χ3n) is 5.80. The van der Waals surface area contributed by atoms with Crippen molar-refractivity contribution >= 4 is 51.8 Å². The van der Waals surface area contributed by atoms with Gasteiger partial charge in [0, 0.05) is 11.4 Å². The van der Waals surface area contributed by atoms with Gasteiger partial charge in [0.2, 0.25) is 0 Å². The molecule has 0 saturated carbocycles. The van der Waals surface area contributed by atoms with E-state index in [4.69, 9.17) is 0 Å². The smallest absolute Gasteiger partial charge is 0.104 e. The van der Waals surface area contributed by atoms with Gasteiger partial charge in [0.1, 0.15) is 10.1 Å². The van der Waals surface area contributed by atoms with Gasteiger partial charge in [0.05, 0.1) is 11.2 Å². The number of hydrogen-bond acceptors (Lipinski definition) is 7. The zero-order chi connectivity index (χ0) is 22.0. The predicted molar refractivity (Wildman–Crippen MR) is 139 cm³/mol. The maximum Gasteiger partial charge on any atom is 0.104 e. The molecule has 0 aliphatic carbocycles. The highest BCUT2D eigenvalue weighted by atomic mass is 32.2. The SMILES string of the molecule is CCCCC(CC)CC(CC(CC)CCCC)(C(=O)[O-])C(C(=O)[O-])S(=O)(=O)[O-].[PH4+].[PH4+].[PH4+]. The molecule has 0 bridgehead atoms. The van der Waals surface area contributed by atoms with Crippen molar-refractivity contribution in [3.8, 4) is 0 Å². The van der Waals surface area contributed by atoms with Gasteiger partial charge in [-0.25, -0.2) is 8.42 Å². The van der Waals surface area contributed by atoms with Gasteiger partial charge in [-0.05, 0) is 54.4 Å². The van der Waals surface area contributed by atoms with Crippen LogP contribution in [0.5, 0.6) is 0 Å². The summed E-state index contributed by atoms with van der Waals surface area (Å²) in [6.45, 7) is 7.63. The Kier molecular flexibility index (Phi) is 23.0. The second-order valence-corrected chi connectivity index (χ2v) is 9.33. The Labute approximate surface area is 198 Å². The van der Waals surface area contributed by atoms with Crippen LogP contribution < -0.4 is 10.2 Å². The zero-order valence-electron chi connectivity index (χ0n) is 20.6. The van der Waals surface area contributed by atoms with Gasteiger partial charge in [0.25, 0.3) is 0 Å². The molecule has 0 radical (unpaired) electrons. The van der Waals surface area contributed by atoms with E-state index in [0.717, 1.165) is 25.7 Å². The van der Waals surface area contributed by atoms with E-state index in [1.807, 2.05) is 27.7 Å². The van der Waals surface area contributed by atoms with Crippen molar-refractivity contribution in [2.45, 2.75) is 97.2 Å². The van der Waals surface area contributed by atoms with Crippen LogP contribution in [0.25, 0.3) is 0 Å². The monoisotopic (exact) mass is 524 g/mol. The summed E-state index contributed by atoms with van der Waals surface area (Å²) in [7, 11) is -5.45. The highest BCUT2D eigenvalue weighted by molar-refractivity contribution is 7.87. The molecule has 190 valence electrons. The Morgan fingerprint density at radius 2 is 1.16 bits per heavy atom. The Morgan fingerprint density at radius 3 is 1.35 bits per heavy atom. The van der Waals surface area contributed by atoms with Crippen LogP contribution in [0.2, 0.25) is 0 Å². The van der Waals surface area contributed by atoms with Crippen LogP contribution in [0, 0.1) is 17.3 Å². The highest BCUT2D eigenvalue weighted by Crippen LogP contribution is 2.43. The van der Waals surface area contributed by atoms with Crippen molar-refractivity contribution in [3.63, 3.8) is 0 Å². The summed E-state index contributed by atoms with van der Waals surface area (Å²) in [5.74, 6) is -4.38. The fraction of sp³-hybridized carbons (Fsp3) is 0.900. The van der Waals surface area contributed by atoms with Crippen LogP contribution in [0.4, 0.5) is 0 Å². The summed E-state index contributed by atoms with van der Waals surface area (Å²) < 4.78 is 35.5. The van der Waals surface area contributed by atoms with Crippen LogP contribution in [-0.4, -0.2) is 30.2 Å². The third kappa shape index (κ3) is 12.2. The van der Waals surface area contributed by atoms with E-state index in [1.165, 1.54) is 0 Å². The molecule has 0 rings (SSSR count). The molecule has 11 heteroatoms. The third-order valence-corrected chi connectivity index (χ3v) is 7.02. The van der Waals surface area contributed by atoms with Crippen LogP contribution in [0.3, 0.4) is 0 Å². The topological polar surface area (TPSA) is 137 Å². The molecule has 0 amide bonds. The van der Waals surface area contributed by atoms with E-state index in [0.29, 0.717) is 25.7 Å². The van der Waals surface area contributed by atoms with E-state index >= 15 is 0 Å². The van der Waals surface area contributed by atoms with E-state index in [9.17, 15) is 32.8 Å². The molecule has 0 fully saturated rings. The summed E-state index contributed by atoms with van der Waals surface area (Å²) >= 11 is 0. The molecule has 0 N–H and O–H groups in total. The van der Waals surface area contributed by atoms with Gasteiger partial charge in [-0.3, -0.25) is 0 Å². The predicted octanol–water partition coefficient (Wildman–Crippen LogP) is 0.971. The van der Waals surface area contributed by atoms with Crippen LogP contribution >= 0.6 is 29.7 Å². The van der Waals surface area contributed by atoms with Crippen molar-refractivity contribution in [1.82, 2.24) is 0 Å². The Balaban J connectivity index is -0.00000121. The van der Waals surface area contributed by atoms with E-state index in [2.05, 4.69) is 0 Å². The summed E-state index contributed by atoms with van der Waals surface area (Å²) in [5.41, 5.74) is -2.29. The van der Waals surface area contributed by atoms with E-state index in [-0.39, 0.29) is 54.4 Å². The number of rotatable bonds is 16. The lowest BCUT2D eigenvalue weighted by atomic mass is 9.68. The lowest BCUT2D eigenvalue weighted by molar-refractivity contribution is -0.329. The number of aliphatic carboxylic acids is 2. The van der Waals surface area contributed by atoms with E-state index in [1.54, 1.807) is 0 Å². The minimum Gasteiger partial charge on any atom is -0.747 e. The second-order valence-electron chi connectivity index (χ2n) is 7.88. The molecule has 0 aromatic heterocycles. The van der Waals surface area contributed by atoms with Crippen molar-refractivity contribution < 1.29 is 32.8 Å². The number of carboxylic acids is 2. The van der Waals surface area contributed by atoms with E-state index < -0.39 is 32.7 Å². The maximum absolute atomic E-state index is 12.3. The van der Waals surface area contributed by atoms with Crippen LogP contribution in [-0.2, 0) is 19.7 Å². The first-order chi connectivity index (χ1) is 13.0. The van der Waals surface area contributed by atoms with Gasteiger partial charge in [-0.2, -0.15) is 0 Å². The number of carboxylic acid groups (broad SMARTS) is 2. The van der Waals surface area contributed by atoms with Gasteiger partial charge in [-0.1, -0.05) is 79.1 Å². The summed E-state index contributed by atoms with van der Waals surface area (Å²) in [4.78, 5) is 23.9. The molecule has 31 heavy (non-hydrogen) atoms. The lowest BCUT2D eigenvalue weighted by Gasteiger charge is -2.46. The molecule has 0 aromatic rings. The molecule has 0 saturated heterocycles. The molecule has 6 unspecified atom stereocenters. The fourth-order valence-corrected chi connectivity index (χ4v) is 5.18. The summed E-state index contributed by atoms with van der Waals surface area (Å²) in [6.07, 6.45) is 5.28. The molecule has 6 atom stereocenters. The first-order valence-corrected chi connectivity index (χ1v) is 11.8. The molecule has 0 aliphatic rings. The molecule has 0 spiro atoms. The Bertz CT molecular complexity index is 582.